The molecule has 1 amide bonds. The molecule has 0 unspecified atom stereocenters. The van der Waals surface area contributed by atoms with E-state index in [1.807, 2.05) is 0 Å². The van der Waals surface area contributed by atoms with Crippen molar-refractivity contribution in [2.45, 2.75) is 25.6 Å². The Morgan fingerprint density at radius 2 is 2.16 bits per heavy atom. The van der Waals surface area contributed by atoms with Crippen molar-refractivity contribution >= 4 is 17.5 Å². The zero-order valence-corrected chi connectivity index (χ0v) is 10.8. The minimum atomic E-state index is -4.27. The number of rotatable bonds is 4. The highest BCUT2D eigenvalue weighted by Gasteiger charge is 2.34. The zero-order valence-electron chi connectivity index (χ0n) is 10.0. The van der Waals surface area contributed by atoms with E-state index < -0.39 is 24.9 Å². The number of halogens is 4. The highest BCUT2D eigenvalue weighted by atomic mass is 35.5. The lowest BCUT2D eigenvalue weighted by Gasteiger charge is -2.39. The van der Waals surface area contributed by atoms with Crippen molar-refractivity contribution in [2.75, 3.05) is 13.1 Å². The van der Waals surface area contributed by atoms with Crippen LogP contribution in [0.3, 0.4) is 0 Å². The van der Waals surface area contributed by atoms with Crippen molar-refractivity contribution in [2.24, 2.45) is 5.92 Å². The van der Waals surface area contributed by atoms with Crippen molar-refractivity contribution in [3.63, 3.8) is 0 Å². The number of hydrogen-bond donors (Lipinski definition) is 0. The summed E-state index contributed by atoms with van der Waals surface area (Å²) in [6, 6.07) is 0. The molecule has 0 saturated carbocycles. The highest BCUT2D eigenvalue weighted by Crippen LogP contribution is 2.24. The lowest BCUT2D eigenvalue weighted by molar-refractivity contribution is -0.153. The van der Waals surface area contributed by atoms with Gasteiger partial charge >= 0.3 is 6.18 Å². The van der Waals surface area contributed by atoms with Crippen molar-refractivity contribution in [3.05, 3.63) is 17.4 Å². The minimum Gasteiger partial charge on any atom is -0.342 e. The molecule has 1 aliphatic heterocycles. The van der Waals surface area contributed by atoms with E-state index in [1.54, 1.807) is 10.9 Å². The number of carbonyl (C=O) groups is 1. The van der Waals surface area contributed by atoms with E-state index in [2.05, 4.69) is 5.10 Å². The Hall–Kier alpha value is -1.24. The SMILES string of the molecule is O=C(CCC(F)(F)F)N1CC(Cn2cc(Cl)cn2)C1. The van der Waals surface area contributed by atoms with Gasteiger partial charge in [-0.2, -0.15) is 18.3 Å². The Labute approximate surface area is 113 Å². The van der Waals surface area contributed by atoms with Crippen molar-refractivity contribution in [1.82, 2.24) is 14.7 Å². The molecule has 1 saturated heterocycles. The largest absolute Gasteiger partial charge is 0.389 e. The molecule has 0 atom stereocenters. The molecule has 1 aromatic heterocycles. The molecule has 0 aliphatic carbocycles. The van der Waals surface area contributed by atoms with Crippen LogP contribution in [0.15, 0.2) is 12.4 Å². The van der Waals surface area contributed by atoms with Crippen LogP contribution in [-0.2, 0) is 11.3 Å². The average molecular weight is 296 g/mol. The van der Waals surface area contributed by atoms with E-state index in [1.165, 1.54) is 11.1 Å². The third kappa shape index (κ3) is 4.12. The molecule has 1 aromatic rings. The monoisotopic (exact) mass is 295 g/mol. The van der Waals surface area contributed by atoms with E-state index in [0.717, 1.165) is 0 Å². The lowest BCUT2D eigenvalue weighted by atomic mass is 9.99. The van der Waals surface area contributed by atoms with Crippen LogP contribution in [0.2, 0.25) is 5.02 Å². The third-order valence-electron chi connectivity index (χ3n) is 2.98. The summed E-state index contributed by atoms with van der Waals surface area (Å²) in [6.45, 7) is 1.58. The molecule has 8 heteroatoms. The summed E-state index contributed by atoms with van der Waals surface area (Å²) in [5.74, 6) is -0.210. The van der Waals surface area contributed by atoms with Gasteiger partial charge in [0.1, 0.15) is 0 Å². The number of aromatic nitrogens is 2. The lowest BCUT2D eigenvalue weighted by Crippen LogP contribution is -2.51. The predicted octanol–water partition coefficient (Wildman–Crippen LogP) is 2.34. The van der Waals surface area contributed by atoms with Gasteiger partial charge < -0.3 is 4.90 Å². The first-order valence-corrected chi connectivity index (χ1v) is 6.24. The molecule has 19 heavy (non-hydrogen) atoms. The van der Waals surface area contributed by atoms with Gasteiger partial charge in [0.15, 0.2) is 0 Å². The van der Waals surface area contributed by atoms with E-state index in [0.29, 0.717) is 24.7 Å². The maximum atomic E-state index is 12.0. The van der Waals surface area contributed by atoms with Gasteiger partial charge in [0.25, 0.3) is 0 Å². The summed E-state index contributed by atoms with van der Waals surface area (Å²) in [7, 11) is 0. The second-order valence-corrected chi connectivity index (χ2v) is 5.10. The fourth-order valence-electron chi connectivity index (χ4n) is 2.00. The molecule has 0 N–H and O–H groups in total. The van der Waals surface area contributed by atoms with E-state index in [-0.39, 0.29) is 5.92 Å². The summed E-state index contributed by atoms with van der Waals surface area (Å²) in [5, 5.41) is 4.55. The van der Waals surface area contributed by atoms with Gasteiger partial charge in [0.05, 0.1) is 17.6 Å². The van der Waals surface area contributed by atoms with Crippen LogP contribution < -0.4 is 0 Å². The summed E-state index contributed by atoms with van der Waals surface area (Å²) in [4.78, 5) is 12.9. The molecule has 2 rings (SSSR count). The van der Waals surface area contributed by atoms with Gasteiger partial charge in [0, 0.05) is 38.2 Å². The maximum absolute atomic E-state index is 12.0. The predicted molar refractivity (Wildman–Crippen MR) is 62.6 cm³/mol. The van der Waals surface area contributed by atoms with Crippen LogP contribution >= 0.6 is 11.6 Å². The Bertz CT molecular complexity index is 454. The van der Waals surface area contributed by atoms with Crippen LogP contribution in [0, 0.1) is 5.92 Å². The normalized spacial score (nSPS) is 16.5. The molecule has 1 fully saturated rings. The first-order valence-electron chi connectivity index (χ1n) is 5.86. The van der Waals surface area contributed by atoms with Gasteiger partial charge in [-0.05, 0) is 0 Å². The summed E-state index contributed by atoms with van der Waals surface area (Å²) in [6.07, 6.45) is -2.60. The topological polar surface area (TPSA) is 38.1 Å². The highest BCUT2D eigenvalue weighted by molar-refractivity contribution is 6.30. The zero-order chi connectivity index (χ0) is 14.0. The quantitative estimate of drug-likeness (QED) is 0.855. The van der Waals surface area contributed by atoms with Gasteiger partial charge in [-0.15, -0.1) is 0 Å². The first kappa shape index (κ1) is 14.2. The van der Waals surface area contributed by atoms with Crippen LogP contribution in [-0.4, -0.2) is 39.9 Å². The number of likely N-dealkylation sites (tertiary alicyclic amines) is 1. The fraction of sp³-hybridized carbons (Fsp3) is 0.636. The number of carbonyl (C=O) groups excluding carboxylic acids is 1. The minimum absolute atomic E-state index is 0.228. The van der Waals surface area contributed by atoms with Crippen LogP contribution in [0.5, 0.6) is 0 Å². The second kappa shape index (κ2) is 5.40. The Kier molecular flexibility index (Phi) is 4.03. The summed E-state index contributed by atoms with van der Waals surface area (Å²) in [5.41, 5.74) is 0. The van der Waals surface area contributed by atoms with Crippen LogP contribution in [0.1, 0.15) is 12.8 Å². The van der Waals surface area contributed by atoms with Crippen LogP contribution in [0.25, 0.3) is 0 Å². The first-order chi connectivity index (χ1) is 8.83. The maximum Gasteiger partial charge on any atom is 0.389 e. The van der Waals surface area contributed by atoms with E-state index >= 15 is 0 Å². The van der Waals surface area contributed by atoms with E-state index in [4.69, 9.17) is 11.6 Å². The number of hydrogen-bond acceptors (Lipinski definition) is 2. The van der Waals surface area contributed by atoms with Crippen molar-refractivity contribution in [1.29, 1.82) is 0 Å². The molecule has 0 radical (unpaired) electrons. The second-order valence-electron chi connectivity index (χ2n) is 4.66. The molecule has 0 spiro atoms. The summed E-state index contributed by atoms with van der Waals surface area (Å²) >= 11 is 5.71. The van der Waals surface area contributed by atoms with Gasteiger partial charge in [-0.1, -0.05) is 11.6 Å². The standard InChI is InChI=1S/C11H13ClF3N3O/c12-9-3-16-18(7-9)6-8-4-17(5-8)10(19)1-2-11(13,14)15/h3,7-8H,1-2,4-6H2. The number of alkyl halides is 3. The fourth-order valence-corrected chi connectivity index (χ4v) is 2.15. The average Bonchev–Trinajstić information content (AvgIpc) is 2.64. The Morgan fingerprint density at radius 1 is 1.47 bits per heavy atom. The van der Waals surface area contributed by atoms with Gasteiger partial charge in [-0.3, -0.25) is 9.48 Å². The smallest absolute Gasteiger partial charge is 0.342 e. The van der Waals surface area contributed by atoms with Gasteiger partial charge in [-0.25, -0.2) is 0 Å². The Morgan fingerprint density at radius 3 is 2.68 bits per heavy atom. The number of nitrogens with zero attached hydrogens (tertiary/aromatic N) is 3. The molecule has 2 heterocycles. The van der Waals surface area contributed by atoms with Crippen LogP contribution in [0.4, 0.5) is 13.2 Å². The summed E-state index contributed by atoms with van der Waals surface area (Å²) < 4.78 is 37.6. The van der Waals surface area contributed by atoms with Gasteiger partial charge in [0.2, 0.25) is 5.91 Å². The molecule has 0 bridgehead atoms. The molecular formula is C11H13ClF3N3O. The van der Waals surface area contributed by atoms with E-state index in [9.17, 15) is 18.0 Å². The van der Waals surface area contributed by atoms with Crippen molar-refractivity contribution < 1.29 is 18.0 Å². The molecular weight excluding hydrogens is 283 g/mol. The third-order valence-corrected chi connectivity index (χ3v) is 3.17. The Balaban J connectivity index is 1.69. The molecule has 0 aromatic carbocycles. The molecule has 4 nitrogen and oxygen atoms in total. The molecule has 106 valence electrons. The number of amides is 1. The van der Waals surface area contributed by atoms with Crippen molar-refractivity contribution in [3.8, 4) is 0 Å². The molecule has 1 aliphatic rings.